The summed E-state index contributed by atoms with van der Waals surface area (Å²) in [4.78, 5) is 0. The maximum atomic E-state index is 2.26. The van der Waals surface area contributed by atoms with Gasteiger partial charge in [0.2, 0.25) is 0 Å². The Morgan fingerprint density at radius 3 is 1.30 bits per heavy atom. The molecule has 1 saturated carbocycles. The molecule has 0 amide bonds. The third kappa shape index (κ3) is 16.0. The summed E-state index contributed by atoms with van der Waals surface area (Å²) >= 11 is 0. The first-order valence-electron chi connectivity index (χ1n) is 4.43. The molecule has 0 spiro atoms. The molecule has 0 unspecified atom stereocenters. The maximum Gasteiger partial charge on any atom is 0 e. The fourth-order valence-electron chi connectivity index (χ4n) is 0.526. The molecule has 1 fully saturated rings. The van der Waals surface area contributed by atoms with Crippen molar-refractivity contribution >= 4 is 0 Å². The van der Waals surface area contributed by atoms with Crippen LogP contribution in [0, 0.1) is 5.92 Å². The van der Waals surface area contributed by atoms with Crippen molar-refractivity contribution in [1.82, 2.24) is 0 Å². The first-order valence-corrected chi connectivity index (χ1v) is 4.43. The van der Waals surface area contributed by atoms with Crippen LogP contribution < -0.4 is 0 Å². The van der Waals surface area contributed by atoms with Gasteiger partial charge in [-0.25, -0.2) is 0 Å². The summed E-state index contributed by atoms with van der Waals surface area (Å²) in [5, 5.41) is 0. The summed E-state index contributed by atoms with van der Waals surface area (Å²) in [5.74, 6) is 1.13. The molecule has 1 rings (SSSR count). The van der Waals surface area contributed by atoms with Gasteiger partial charge in [0.25, 0.3) is 0 Å². The monoisotopic (exact) mass is 219 g/mol. The Balaban J connectivity index is -0.0000000875. The molecule has 0 nitrogen and oxygen atoms in total. The fraction of sp³-hybridized carbons (Fsp3) is 1.00. The minimum atomic E-state index is 0. The van der Waals surface area contributed by atoms with Gasteiger partial charge in [-0.1, -0.05) is 53.9 Å². The molecule has 0 aromatic heterocycles. The quantitative estimate of drug-likeness (QED) is 0.628. The third-order valence-electron chi connectivity index (χ3n) is 1.27. The van der Waals surface area contributed by atoms with E-state index in [0.717, 1.165) is 5.92 Å². The van der Waals surface area contributed by atoms with Crippen LogP contribution in [0.1, 0.15) is 53.9 Å². The van der Waals surface area contributed by atoms with Crippen molar-refractivity contribution in [2.75, 3.05) is 0 Å². The third-order valence-corrected chi connectivity index (χ3v) is 1.27. The summed E-state index contributed by atoms with van der Waals surface area (Å²) in [6.07, 6.45) is 4.44. The van der Waals surface area contributed by atoms with E-state index in [1.54, 1.807) is 0 Å². The molecule has 0 aliphatic heterocycles. The van der Waals surface area contributed by atoms with Crippen molar-refractivity contribution in [1.29, 1.82) is 0 Å². The van der Waals surface area contributed by atoms with E-state index in [1.165, 1.54) is 19.3 Å². The topological polar surface area (TPSA) is 0 Å². The minimum Gasteiger partial charge on any atom is -0.0683 e. The van der Waals surface area contributed by atoms with Crippen LogP contribution in [0.25, 0.3) is 0 Å². The molecule has 0 atom stereocenters. The van der Waals surface area contributed by atoms with Crippen LogP contribution in [-0.2, 0) is 32.7 Å². The van der Waals surface area contributed by atoms with Crippen LogP contribution in [-0.4, -0.2) is 0 Å². The Morgan fingerprint density at radius 2 is 1.30 bits per heavy atom. The molecule has 61 valence electrons. The summed E-state index contributed by atoms with van der Waals surface area (Å²) in [5.41, 5.74) is 0. The van der Waals surface area contributed by atoms with E-state index in [2.05, 4.69) is 6.92 Å². The van der Waals surface area contributed by atoms with Crippen molar-refractivity contribution in [2.45, 2.75) is 53.9 Å². The maximum absolute atomic E-state index is 2.26. The molecule has 1 radical (unpaired) electrons. The van der Waals surface area contributed by atoms with Gasteiger partial charge in [-0.3, -0.25) is 0 Å². The average Bonchev–Trinajstić information content (AvgIpc) is 2.78. The van der Waals surface area contributed by atoms with Crippen molar-refractivity contribution < 1.29 is 32.7 Å². The van der Waals surface area contributed by atoms with Crippen molar-refractivity contribution in [2.24, 2.45) is 5.92 Å². The first kappa shape index (κ1) is 17.3. The van der Waals surface area contributed by atoms with Gasteiger partial charge in [-0.15, -0.1) is 0 Å². The molecular formula is C9H22Y. The second-order valence-electron chi connectivity index (χ2n) is 1.85. The van der Waals surface area contributed by atoms with Crippen LogP contribution >= 0.6 is 0 Å². The average molecular weight is 219 g/mol. The molecule has 0 heterocycles. The molecule has 0 aromatic carbocycles. The normalized spacial score (nSPS) is 12.9. The zero-order valence-corrected chi connectivity index (χ0v) is 11.1. The van der Waals surface area contributed by atoms with Crippen LogP contribution in [0.5, 0.6) is 0 Å². The molecule has 0 N–H and O–H groups in total. The van der Waals surface area contributed by atoms with E-state index in [9.17, 15) is 0 Å². The summed E-state index contributed by atoms with van der Waals surface area (Å²) in [7, 11) is 0. The molecule has 0 aromatic rings. The Labute approximate surface area is 92.0 Å². The summed E-state index contributed by atoms with van der Waals surface area (Å²) < 4.78 is 0. The van der Waals surface area contributed by atoms with Gasteiger partial charge in [0, 0.05) is 32.7 Å². The molecule has 1 aliphatic carbocycles. The zero-order valence-electron chi connectivity index (χ0n) is 8.28. The van der Waals surface area contributed by atoms with E-state index < -0.39 is 0 Å². The molecule has 0 saturated heterocycles. The molecule has 10 heavy (non-hydrogen) atoms. The van der Waals surface area contributed by atoms with Crippen molar-refractivity contribution in [3.63, 3.8) is 0 Å². The van der Waals surface area contributed by atoms with Crippen LogP contribution in [0.15, 0.2) is 0 Å². The SMILES string of the molecule is CC.CC.CCC1CC1.[Y]. The second-order valence-corrected chi connectivity index (χ2v) is 1.85. The van der Waals surface area contributed by atoms with Gasteiger partial charge in [-0.2, -0.15) is 0 Å². The standard InChI is InChI=1S/C5H10.2C2H6.Y/c1-2-5-3-4-5;2*1-2;/h5H,2-4H2,1H3;2*1-2H3;. The summed E-state index contributed by atoms with van der Waals surface area (Å²) in [6, 6.07) is 0. The molecular weight excluding hydrogens is 197 g/mol. The van der Waals surface area contributed by atoms with E-state index in [-0.39, 0.29) is 32.7 Å². The van der Waals surface area contributed by atoms with E-state index in [0.29, 0.717) is 0 Å². The van der Waals surface area contributed by atoms with Crippen molar-refractivity contribution in [3.8, 4) is 0 Å². The Morgan fingerprint density at radius 1 is 1.00 bits per heavy atom. The minimum absolute atomic E-state index is 0. The molecule has 1 aliphatic rings. The predicted molar refractivity (Wildman–Crippen MR) is 45.7 cm³/mol. The van der Waals surface area contributed by atoms with Gasteiger partial charge in [0.1, 0.15) is 0 Å². The van der Waals surface area contributed by atoms with E-state index in [1.807, 2.05) is 27.7 Å². The Bertz CT molecular complexity index is 31.7. The largest absolute Gasteiger partial charge is 0.0683 e. The van der Waals surface area contributed by atoms with Gasteiger partial charge in [0.05, 0.1) is 0 Å². The van der Waals surface area contributed by atoms with E-state index >= 15 is 0 Å². The second kappa shape index (κ2) is 16.6. The first-order chi connectivity index (χ1) is 4.43. The van der Waals surface area contributed by atoms with Gasteiger partial charge in [-0.05, 0) is 5.92 Å². The predicted octanol–water partition coefficient (Wildman–Crippen LogP) is 3.86. The van der Waals surface area contributed by atoms with Gasteiger partial charge in [0.15, 0.2) is 0 Å². The van der Waals surface area contributed by atoms with Crippen LogP contribution in [0.3, 0.4) is 0 Å². The van der Waals surface area contributed by atoms with Crippen LogP contribution in [0.4, 0.5) is 0 Å². The molecule has 0 bridgehead atoms. The van der Waals surface area contributed by atoms with Gasteiger partial charge >= 0.3 is 0 Å². The number of hydrogen-bond donors (Lipinski definition) is 0. The number of hydrogen-bond acceptors (Lipinski definition) is 0. The molecule has 1 heteroatoms. The summed E-state index contributed by atoms with van der Waals surface area (Å²) in [6.45, 7) is 10.3. The number of rotatable bonds is 1. The van der Waals surface area contributed by atoms with Crippen molar-refractivity contribution in [3.05, 3.63) is 0 Å². The van der Waals surface area contributed by atoms with E-state index in [4.69, 9.17) is 0 Å². The fourth-order valence-corrected chi connectivity index (χ4v) is 0.526. The van der Waals surface area contributed by atoms with Crippen LogP contribution in [0.2, 0.25) is 0 Å². The zero-order chi connectivity index (χ0) is 7.70. The Hall–Kier alpha value is 1.10. The Kier molecular flexibility index (Phi) is 28.6. The van der Waals surface area contributed by atoms with Gasteiger partial charge < -0.3 is 0 Å². The smallest absolute Gasteiger partial charge is 0 e.